The van der Waals surface area contributed by atoms with Gasteiger partial charge in [-0.25, -0.2) is 8.78 Å². The molecule has 0 unspecified atom stereocenters. The molecule has 0 saturated heterocycles. The molecule has 1 aromatic carbocycles. The van der Waals surface area contributed by atoms with Crippen LogP contribution in [-0.2, 0) is 12.0 Å². The van der Waals surface area contributed by atoms with E-state index in [0.717, 1.165) is 42.2 Å². The molecule has 0 fully saturated rings. The summed E-state index contributed by atoms with van der Waals surface area (Å²) in [6.07, 6.45) is 3.67. The lowest BCUT2D eigenvalue weighted by molar-refractivity contribution is -0.759. The Hall–Kier alpha value is -2.23. The highest BCUT2D eigenvalue weighted by atomic mass is 19.1. The van der Waals surface area contributed by atoms with E-state index in [0.29, 0.717) is 5.56 Å². The molecule has 118 valence electrons. The van der Waals surface area contributed by atoms with E-state index in [-0.39, 0.29) is 5.41 Å². The number of aromatic nitrogens is 2. The normalized spacial score (nSPS) is 15.5. The van der Waals surface area contributed by atoms with Crippen LogP contribution in [0.25, 0.3) is 16.8 Å². The number of nitrogens with zero attached hydrogens (tertiary/aromatic N) is 2. The van der Waals surface area contributed by atoms with Crippen molar-refractivity contribution in [1.82, 2.24) is 4.52 Å². The van der Waals surface area contributed by atoms with E-state index in [1.807, 2.05) is 30.5 Å². The Kier molecular flexibility index (Phi) is 3.05. The summed E-state index contributed by atoms with van der Waals surface area (Å²) in [6, 6.07) is 10.4. The van der Waals surface area contributed by atoms with Gasteiger partial charge in [0.05, 0.1) is 17.2 Å². The molecule has 2 nitrogen and oxygen atoms in total. The summed E-state index contributed by atoms with van der Waals surface area (Å²) in [6.45, 7) is 4.91. The highest BCUT2D eigenvalue weighted by molar-refractivity contribution is 5.69. The van der Waals surface area contributed by atoms with Crippen molar-refractivity contribution in [1.29, 1.82) is 0 Å². The fraction of sp³-hybridized carbons (Fsp3) is 0.316. The minimum absolute atomic E-state index is 0.250. The molecule has 0 amide bonds. The van der Waals surface area contributed by atoms with E-state index in [1.54, 1.807) is 0 Å². The second-order valence-corrected chi connectivity index (χ2v) is 6.35. The average molecular weight is 313 g/mol. The maximum Gasteiger partial charge on any atom is 0.242 e. The standard InChI is InChI=1S/C19H19F2N2/c1-3-19(4-2)12-23-17(11-14-7-5-6-8-22(14)23)18-15(19)9-13(20)10-16(18)21/h5-11H,3-4,12H2,1-2H3/q+1. The summed E-state index contributed by atoms with van der Waals surface area (Å²) in [5.41, 5.74) is 2.93. The molecule has 4 heteroatoms. The summed E-state index contributed by atoms with van der Waals surface area (Å²) in [5, 5.41) is 0. The van der Waals surface area contributed by atoms with Gasteiger partial charge in [0, 0.05) is 12.1 Å². The molecule has 0 aliphatic carbocycles. The first-order valence-electron chi connectivity index (χ1n) is 8.10. The van der Waals surface area contributed by atoms with Crippen molar-refractivity contribution >= 4 is 5.52 Å². The first kappa shape index (κ1) is 14.4. The van der Waals surface area contributed by atoms with Gasteiger partial charge in [-0.15, -0.1) is 9.20 Å². The third-order valence-corrected chi connectivity index (χ3v) is 5.38. The smallest absolute Gasteiger partial charge is 0.207 e. The maximum absolute atomic E-state index is 14.7. The van der Waals surface area contributed by atoms with Gasteiger partial charge in [-0.3, -0.25) is 0 Å². The molecule has 23 heavy (non-hydrogen) atoms. The van der Waals surface area contributed by atoms with Crippen LogP contribution in [-0.4, -0.2) is 4.52 Å². The van der Waals surface area contributed by atoms with Crippen LogP contribution in [0.15, 0.2) is 42.6 Å². The van der Waals surface area contributed by atoms with E-state index in [1.165, 1.54) is 6.07 Å². The van der Waals surface area contributed by atoms with Crippen molar-refractivity contribution < 1.29 is 13.5 Å². The highest BCUT2D eigenvalue weighted by Gasteiger charge is 2.45. The Labute approximate surface area is 134 Å². The predicted octanol–water partition coefficient (Wildman–Crippen LogP) is 4.24. The number of fused-ring (bicyclic) bond motifs is 5. The number of rotatable bonds is 2. The second kappa shape index (κ2) is 4.88. The van der Waals surface area contributed by atoms with Gasteiger partial charge in [-0.05, 0) is 36.6 Å². The molecule has 4 rings (SSSR count). The largest absolute Gasteiger partial charge is 0.242 e. The monoisotopic (exact) mass is 313 g/mol. The van der Waals surface area contributed by atoms with Gasteiger partial charge in [0.25, 0.3) is 0 Å². The number of benzene rings is 1. The molecule has 0 radical (unpaired) electrons. The molecule has 1 aliphatic rings. The third-order valence-electron chi connectivity index (χ3n) is 5.38. The quantitative estimate of drug-likeness (QED) is 0.625. The zero-order chi connectivity index (χ0) is 16.2. The number of pyridine rings is 1. The van der Waals surface area contributed by atoms with Crippen molar-refractivity contribution in [2.75, 3.05) is 0 Å². The summed E-state index contributed by atoms with van der Waals surface area (Å²) in [4.78, 5) is 0. The Morgan fingerprint density at radius 1 is 1.13 bits per heavy atom. The van der Waals surface area contributed by atoms with Crippen LogP contribution in [0.5, 0.6) is 0 Å². The molecule has 0 spiro atoms. The second-order valence-electron chi connectivity index (χ2n) is 6.35. The summed E-state index contributed by atoms with van der Waals surface area (Å²) < 4.78 is 32.8. The van der Waals surface area contributed by atoms with Crippen molar-refractivity contribution in [3.8, 4) is 11.3 Å². The third kappa shape index (κ3) is 1.87. The molecule has 0 atom stereocenters. The van der Waals surface area contributed by atoms with Crippen LogP contribution >= 0.6 is 0 Å². The lowest BCUT2D eigenvalue weighted by Crippen LogP contribution is -2.53. The van der Waals surface area contributed by atoms with Gasteiger partial charge in [0.2, 0.25) is 5.69 Å². The van der Waals surface area contributed by atoms with Crippen molar-refractivity contribution in [3.05, 3.63) is 59.8 Å². The molecule has 0 bridgehead atoms. The molecular weight excluding hydrogens is 294 g/mol. The number of hydrogen-bond donors (Lipinski definition) is 0. The SMILES string of the molecule is CCC1(CC)C[n+]2c(cc3ccccn32)-c2c(F)cc(F)cc21. The van der Waals surface area contributed by atoms with Crippen molar-refractivity contribution in [2.45, 2.75) is 38.6 Å². The van der Waals surface area contributed by atoms with E-state index >= 15 is 0 Å². The molecule has 2 aromatic heterocycles. The zero-order valence-electron chi connectivity index (χ0n) is 13.3. The molecule has 0 N–H and O–H groups in total. The fourth-order valence-corrected chi connectivity index (χ4v) is 3.95. The first-order valence-corrected chi connectivity index (χ1v) is 8.10. The zero-order valence-corrected chi connectivity index (χ0v) is 13.3. The Morgan fingerprint density at radius 2 is 1.91 bits per heavy atom. The predicted molar refractivity (Wildman–Crippen MR) is 85.2 cm³/mol. The number of hydrogen-bond acceptors (Lipinski definition) is 0. The minimum Gasteiger partial charge on any atom is -0.207 e. The van der Waals surface area contributed by atoms with E-state index < -0.39 is 11.6 Å². The Bertz CT molecular complexity index is 907. The van der Waals surface area contributed by atoms with Crippen LogP contribution < -0.4 is 4.68 Å². The summed E-state index contributed by atoms with van der Waals surface area (Å²) in [5.74, 6) is -0.972. The molecule has 0 saturated carbocycles. The Balaban J connectivity index is 2.13. The lowest BCUT2D eigenvalue weighted by atomic mass is 9.71. The summed E-state index contributed by atoms with van der Waals surface area (Å²) >= 11 is 0. The van der Waals surface area contributed by atoms with Crippen molar-refractivity contribution in [2.24, 2.45) is 0 Å². The van der Waals surface area contributed by atoms with Gasteiger partial charge in [0.1, 0.15) is 17.2 Å². The first-order chi connectivity index (χ1) is 11.1. The van der Waals surface area contributed by atoms with E-state index in [9.17, 15) is 8.78 Å². The van der Waals surface area contributed by atoms with Gasteiger partial charge >= 0.3 is 0 Å². The topological polar surface area (TPSA) is 8.29 Å². The van der Waals surface area contributed by atoms with Crippen LogP contribution in [0.4, 0.5) is 8.78 Å². The lowest BCUT2D eigenvalue weighted by Gasteiger charge is -2.33. The molecule has 3 aromatic rings. The average Bonchev–Trinajstić information content (AvgIpc) is 2.91. The molecular formula is C19H19F2N2+. The van der Waals surface area contributed by atoms with Crippen LogP contribution in [0.1, 0.15) is 32.3 Å². The molecule has 3 heterocycles. The highest BCUT2D eigenvalue weighted by Crippen LogP contribution is 2.43. The molecule has 1 aliphatic heterocycles. The summed E-state index contributed by atoms with van der Waals surface area (Å²) in [7, 11) is 0. The van der Waals surface area contributed by atoms with Gasteiger partial charge in [0.15, 0.2) is 6.54 Å². The van der Waals surface area contributed by atoms with Gasteiger partial charge in [-0.2, -0.15) is 0 Å². The van der Waals surface area contributed by atoms with Crippen LogP contribution in [0, 0.1) is 11.6 Å². The number of halogens is 2. The van der Waals surface area contributed by atoms with E-state index in [4.69, 9.17) is 0 Å². The Morgan fingerprint density at radius 3 is 2.65 bits per heavy atom. The van der Waals surface area contributed by atoms with Crippen LogP contribution in [0.3, 0.4) is 0 Å². The van der Waals surface area contributed by atoms with Gasteiger partial charge < -0.3 is 0 Å². The van der Waals surface area contributed by atoms with Crippen molar-refractivity contribution in [3.63, 3.8) is 0 Å². The van der Waals surface area contributed by atoms with Gasteiger partial charge in [-0.1, -0.05) is 19.9 Å². The van der Waals surface area contributed by atoms with Crippen LogP contribution in [0.2, 0.25) is 0 Å². The minimum atomic E-state index is -0.496. The fourth-order valence-electron chi connectivity index (χ4n) is 3.95. The van der Waals surface area contributed by atoms with E-state index in [2.05, 4.69) is 23.0 Å². The maximum atomic E-state index is 14.7.